The smallest absolute Gasteiger partial charge is 0.223 e. The molecule has 2 unspecified atom stereocenters. The van der Waals surface area contributed by atoms with Gasteiger partial charge in [-0.15, -0.1) is 0 Å². The first kappa shape index (κ1) is 21.4. The van der Waals surface area contributed by atoms with Gasteiger partial charge in [0.1, 0.15) is 5.75 Å². The Morgan fingerprint density at radius 1 is 0.931 bits per heavy atom. The summed E-state index contributed by atoms with van der Waals surface area (Å²) in [6.45, 7) is 0. The fourth-order valence-corrected chi connectivity index (χ4v) is 4.85. The van der Waals surface area contributed by atoms with Crippen molar-refractivity contribution in [3.8, 4) is 17.2 Å². The summed E-state index contributed by atoms with van der Waals surface area (Å²) in [5.41, 5.74) is 0.380. The molecule has 2 fully saturated rings. The van der Waals surface area contributed by atoms with E-state index < -0.39 is 0 Å². The molecule has 29 heavy (non-hydrogen) atoms. The summed E-state index contributed by atoms with van der Waals surface area (Å²) in [6.07, 6.45) is 3.67. The number of hydrogen-bond acceptors (Lipinski definition) is 6. The van der Waals surface area contributed by atoms with Crippen LogP contribution in [-0.4, -0.2) is 62.2 Å². The maximum atomic E-state index is 12.8. The largest absolute Gasteiger partial charge is 0.496 e. The molecular weight excluding hydrogens is 374 g/mol. The number of carbonyl (C=O) groups excluding carboxylic acids is 2. The average molecular weight is 405 g/mol. The molecule has 0 bridgehead atoms. The van der Waals surface area contributed by atoms with Crippen LogP contribution in [0.3, 0.4) is 0 Å². The number of aliphatic hydroxyl groups is 1. The zero-order chi connectivity index (χ0) is 21.1. The Balaban J connectivity index is 1.59. The monoisotopic (exact) mass is 405 g/mol. The maximum Gasteiger partial charge on any atom is 0.223 e. The van der Waals surface area contributed by atoms with Crippen LogP contribution < -0.4 is 14.2 Å². The van der Waals surface area contributed by atoms with Crippen LogP contribution in [0.2, 0.25) is 0 Å². The lowest BCUT2D eigenvalue weighted by molar-refractivity contribution is -0.131. The number of fused-ring (bicyclic) bond motifs is 1. The van der Waals surface area contributed by atoms with Gasteiger partial charge < -0.3 is 24.2 Å². The molecule has 1 aromatic carbocycles. The van der Waals surface area contributed by atoms with Crippen LogP contribution in [0.25, 0.3) is 0 Å². The van der Waals surface area contributed by atoms with Crippen molar-refractivity contribution in [3.63, 3.8) is 0 Å². The van der Waals surface area contributed by atoms with Crippen LogP contribution in [-0.2, 0) is 4.79 Å². The Bertz CT molecular complexity index is 750. The van der Waals surface area contributed by atoms with Crippen molar-refractivity contribution < 1.29 is 28.9 Å². The summed E-state index contributed by atoms with van der Waals surface area (Å²) in [5.74, 6) is 2.16. The van der Waals surface area contributed by atoms with Gasteiger partial charge in [-0.2, -0.15) is 0 Å². The molecule has 0 aliphatic heterocycles. The molecule has 1 aromatic rings. The van der Waals surface area contributed by atoms with E-state index in [0.29, 0.717) is 34.6 Å². The van der Waals surface area contributed by atoms with Gasteiger partial charge in [0.15, 0.2) is 17.3 Å². The van der Waals surface area contributed by atoms with Gasteiger partial charge in [0.05, 0.1) is 33.0 Å². The molecule has 0 heterocycles. The van der Waals surface area contributed by atoms with Crippen molar-refractivity contribution in [1.82, 2.24) is 4.90 Å². The third-order valence-electron chi connectivity index (χ3n) is 6.48. The second kappa shape index (κ2) is 9.03. The molecule has 2 saturated carbocycles. The van der Waals surface area contributed by atoms with Crippen molar-refractivity contribution >= 4 is 11.7 Å². The zero-order valence-electron chi connectivity index (χ0n) is 17.6. The number of ether oxygens (including phenoxy) is 3. The normalized spacial score (nSPS) is 25.4. The second-order valence-electron chi connectivity index (χ2n) is 8.11. The van der Waals surface area contributed by atoms with E-state index in [1.165, 1.54) is 21.3 Å². The number of benzene rings is 1. The lowest BCUT2D eigenvalue weighted by Gasteiger charge is -2.25. The molecule has 7 heteroatoms. The Hall–Kier alpha value is -2.28. The molecule has 3 rings (SSSR count). The van der Waals surface area contributed by atoms with E-state index >= 15 is 0 Å². The van der Waals surface area contributed by atoms with Crippen LogP contribution >= 0.6 is 0 Å². The molecule has 7 nitrogen and oxygen atoms in total. The van der Waals surface area contributed by atoms with E-state index in [0.717, 1.165) is 25.7 Å². The highest BCUT2D eigenvalue weighted by Crippen LogP contribution is 2.45. The molecule has 0 saturated heterocycles. The highest BCUT2D eigenvalue weighted by molar-refractivity contribution is 6.01. The fraction of sp³-hybridized carbons (Fsp3) is 0.636. The number of Topliss-reactive ketones (excluding diaryl/α,β-unsaturated/α-hetero) is 1. The minimum atomic E-state index is -0.180. The number of aliphatic hydroxyl groups excluding tert-OH is 1. The summed E-state index contributed by atoms with van der Waals surface area (Å²) in [5, 5.41) is 9.79. The molecule has 4 atom stereocenters. The number of nitrogens with zero attached hydrogens (tertiary/aromatic N) is 1. The molecule has 1 N–H and O–H groups in total. The lowest BCUT2D eigenvalue weighted by atomic mass is 10.0. The van der Waals surface area contributed by atoms with Crippen LogP contribution in [0.1, 0.15) is 48.9 Å². The Kier molecular flexibility index (Phi) is 6.67. The Labute approximate surface area is 171 Å². The summed E-state index contributed by atoms with van der Waals surface area (Å²) in [4.78, 5) is 27.2. The van der Waals surface area contributed by atoms with E-state index in [1.54, 1.807) is 17.0 Å². The van der Waals surface area contributed by atoms with E-state index in [1.807, 2.05) is 7.05 Å². The second-order valence-corrected chi connectivity index (χ2v) is 8.11. The number of rotatable bonds is 8. The van der Waals surface area contributed by atoms with E-state index in [-0.39, 0.29) is 36.7 Å². The van der Waals surface area contributed by atoms with Crippen LogP contribution in [0.5, 0.6) is 17.2 Å². The first-order valence-electron chi connectivity index (χ1n) is 10.1. The molecular formula is C22H31NO6. The molecule has 0 spiro atoms. The molecule has 1 amide bonds. The van der Waals surface area contributed by atoms with Crippen molar-refractivity contribution in [2.45, 2.75) is 50.7 Å². The van der Waals surface area contributed by atoms with Gasteiger partial charge in [0.25, 0.3) is 0 Å². The van der Waals surface area contributed by atoms with E-state index in [4.69, 9.17) is 14.2 Å². The number of carbonyl (C=O) groups is 2. The first-order valence-corrected chi connectivity index (χ1v) is 10.1. The van der Waals surface area contributed by atoms with E-state index in [2.05, 4.69) is 0 Å². The zero-order valence-corrected chi connectivity index (χ0v) is 17.6. The fourth-order valence-electron chi connectivity index (χ4n) is 4.85. The van der Waals surface area contributed by atoms with Gasteiger partial charge in [0, 0.05) is 32.0 Å². The predicted octanol–water partition coefficient (Wildman–Crippen LogP) is 2.68. The van der Waals surface area contributed by atoms with Gasteiger partial charge >= 0.3 is 0 Å². The maximum absolute atomic E-state index is 12.8. The van der Waals surface area contributed by atoms with Crippen molar-refractivity contribution in [1.29, 1.82) is 0 Å². The number of methoxy groups -OCH3 is 3. The third-order valence-corrected chi connectivity index (χ3v) is 6.48. The van der Waals surface area contributed by atoms with Gasteiger partial charge in [-0.25, -0.2) is 0 Å². The highest BCUT2D eigenvalue weighted by atomic mass is 16.5. The highest BCUT2D eigenvalue weighted by Gasteiger charge is 2.43. The molecule has 2 aliphatic carbocycles. The van der Waals surface area contributed by atoms with Crippen molar-refractivity contribution in [3.05, 3.63) is 17.7 Å². The van der Waals surface area contributed by atoms with Gasteiger partial charge in [0.2, 0.25) is 5.91 Å². The molecule has 0 radical (unpaired) electrons. The standard InChI is InChI=1S/C22H31NO6/c1-23(15-7-13-9-16(24)10-14(13)8-15)22(26)6-5-18(25)17-11-20(28-3)21(29-4)12-19(17)27-2/h11-16,24H,5-10H2,1-4H3/t13-,14+,15?,16?. The summed E-state index contributed by atoms with van der Waals surface area (Å²) in [6, 6.07) is 3.42. The van der Waals surface area contributed by atoms with E-state index in [9.17, 15) is 14.7 Å². The van der Waals surface area contributed by atoms with Crippen molar-refractivity contribution in [2.75, 3.05) is 28.4 Å². The van der Waals surface area contributed by atoms with Crippen LogP contribution in [0.15, 0.2) is 12.1 Å². The SMILES string of the molecule is COc1cc(OC)c(C(=O)CCC(=O)N(C)C2C[C@H]3CC(O)C[C@H]3C2)cc1OC. The quantitative estimate of drug-likeness (QED) is 0.670. The number of hydrogen-bond donors (Lipinski definition) is 1. The summed E-state index contributed by atoms with van der Waals surface area (Å²) < 4.78 is 15.8. The minimum Gasteiger partial charge on any atom is -0.496 e. The summed E-state index contributed by atoms with van der Waals surface area (Å²) in [7, 11) is 6.34. The van der Waals surface area contributed by atoms with Gasteiger partial charge in [-0.3, -0.25) is 9.59 Å². The molecule has 0 aromatic heterocycles. The minimum absolute atomic E-state index is 0.0247. The number of amides is 1. The van der Waals surface area contributed by atoms with Crippen molar-refractivity contribution in [2.24, 2.45) is 11.8 Å². The van der Waals surface area contributed by atoms with Crippen LogP contribution in [0, 0.1) is 11.8 Å². The Morgan fingerprint density at radius 3 is 2.03 bits per heavy atom. The predicted molar refractivity (Wildman–Crippen MR) is 108 cm³/mol. The first-order chi connectivity index (χ1) is 13.9. The number of ketones is 1. The average Bonchev–Trinajstić information content (AvgIpc) is 3.27. The Morgan fingerprint density at radius 2 is 1.48 bits per heavy atom. The van der Waals surface area contributed by atoms with Crippen LogP contribution in [0.4, 0.5) is 0 Å². The van der Waals surface area contributed by atoms with Gasteiger partial charge in [-0.05, 0) is 43.6 Å². The summed E-state index contributed by atoms with van der Waals surface area (Å²) >= 11 is 0. The molecule has 2 aliphatic rings. The molecule has 160 valence electrons. The topological polar surface area (TPSA) is 85.3 Å². The lowest BCUT2D eigenvalue weighted by Crippen LogP contribution is -2.36. The third kappa shape index (κ3) is 4.50. The van der Waals surface area contributed by atoms with Gasteiger partial charge in [-0.1, -0.05) is 0 Å².